The van der Waals surface area contributed by atoms with Crippen molar-refractivity contribution in [2.75, 3.05) is 19.4 Å². The first-order chi connectivity index (χ1) is 8.47. The number of nitrogens with one attached hydrogen (secondary N) is 1. The van der Waals surface area contributed by atoms with E-state index in [-0.39, 0.29) is 5.91 Å². The standard InChI is InChI=1S/C14H22N2O2/c1-9(2)10(3)8-16-14(17)11-6-5-7-12(18-4)13(11)15/h5-7,9-10H,8,15H2,1-4H3,(H,16,17). The summed E-state index contributed by atoms with van der Waals surface area (Å²) < 4.78 is 5.09. The number of hydrogen-bond acceptors (Lipinski definition) is 3. The van der Waals surface area contributed by atoms with Gasteiger partial charge in [0.05, 0.1) is 18.4 Å². The van der Waals surface area contributed by atoms with Gasteiger partial charge in [0.1, 0.15) is 5.75 Å². The van der Waals surface area contributed by atoms with E-state index in [2.05, 4.69) is 26.1 Å². The smallest absolute Gasteiger partial charge is 0.253 e. The van der Waals surface area contributed by atoms with Crippen LogP contribution in [0.2, 0.25) is 0 Å². The zero-order valence-electron chi connectivity index (χ0n) is 11.5. The van der Waals surface area contributed by atoms with E-state index >= 15 is 0 Å². The van der Waals surface area contributed by atoms with Crippen molar-refractivity contribution in [1.82, 2.24) is 5.32 Å². The highest BCUT2D eigenvalue weighted by molar-refractivity contribution is 6.00. The van der Waals surface area contributed by atoms with E-state index in [0.717, 1.165) is 0 Å². The number of nitrogen functional groups attached to an aromatic ring is 1. The molecule has 1 amide bonds. The molecule has 1 unspecified atom stereocenters. The number of anilines is 1. The Morgan fingerprint density at radius 2 is 2.06 bits per heavy atom. The number of nitrogens with two attached hydrogens (primary N) is 1. The highest BCUT2D eigenvalue weighted by Crippen LogP contribution is 2.24. The van der Waals surface area contributed by atoms with E-state index < -0.39 is 0 Å². The van der Waals surface area contributed by atoms with Crippen LogP contribution < -0.4 is 15.8 Å². The number of hydrogen-bond donors (Lipinski definition) is 2. The molecule has 0 fully saturated rings. The second-order valence-corrected chi connectivity index (χ2v) is 4.85. The van der Waals surface area contributed by atoms with Crippen LogP contribution in [0, 0.1) is 11.8 Å². The number of carbonyl (C=O) groups excluding carboxylic acids is 1. The van der Waals surface area contributed by atoms with E-state index in [4.69, 9.17) is 10.5 Å². The van der Waals surface area contributed by atoms with Crippen LogP contribution in [0.25, 0.3) is 0 Å². The zero-order chi connectivity index (χ0) is 13.7. The molecule has 1 aromatic rings. The summed E-state index contributed by atoms with van der Waals surface area (Å²) >= 11 is 0. The fraction of sp³-hybridized carbons (Fsp3) is 0.500. The number of benzene rings is 1. The molecule has 0 aliphatic heterocycles. The lowest BCUT2D eigenvalue weighted by atomic mass is 9.98. The van der Waals surface area contributed by atoms with Crippen molar-refractivity contribution >= 4 is 11.6 Å². The van der Waals surface area contributed by atoms with E-state index in [1.165, 1.54) is 7.11 Å². The molecular formula is C14H22N2O2. The minimum absolute atomic E-state index is 0.154. The second-order valence-electron chi connectivity index (χ2n) is 4.85. The van der Waals surface area contributed by atoms with E-state index in [1.54, 1.807) is 18.2 Å². The number of carbonyl (C=O) groups is 1. The lowest BCUT2D eigenvalue weighted by Crippen LogP contribution is -2.30. The molecule has 1 aromatic carbocycles. The molecule has 0 spiro atoms. The molecule has 0 aromatic heterocycles. The summed E-state index contributed by atoms with van der Waals surface area (Å²) in [6.07, 6.45) is 0. The van der Waals surface area contributed by atoms with Gasteiger partial charge in [-0.25, -0.2) is 0 Å². The normalized spacial score (nSPS) is 12.3. The van der Waals surface area contributed by atoms with E-state index in [0.29, 0.717) is 35.4 Å². The first kappa shape index (κ1) is 14.4. The van der Waals surface area contributed by atoms with Gasteiger partial charge in [0.25, 0.3) is 5.91 Å². The van der Waals surface area contributed by atoms with Gasteiger partial charge in [-0.1, -0.05) is 26.8 Å². The number of amides is 1. The van der Waals surface area contributed by atoms with Gasteiger partial charge >= 0.3 is 0 Å². The Labute approximate surface area is 109 Å². The van der Waals surface area contributed by atoms with Gasteiger partial charge in [-0.3, -0.25) is 4.79 Å². The Hall–Kier alpha value is -1.71. The molecule has 0 aliphatic carbocycles. The van der Waals surface area contributed by atoms with Gasteiger partial charge in [0.15, 0.2) is 0 Å². The van der Waals surface area contributed by atoms with Crippen molar-refractivity contribution in [1.29, 1.82) is 0 Å². The maximum Gasteiger partial charge on any atom is 0.253 e. The lowest BCUT2D eigenvalue weighted by molar-refractivity contribution is 0.0945. The topological polar surface area (TPSA) is 64.3 Å². The predicted molar refractivity (Wildman–Crippen MR) is 73.7 cm³/mol. The molecule has 0 heterocycles. The highest BCUT2D eigenvalue weighted by Gasteiger charge is 2.14. The van der Waals surface area contributed by atoms with Crippen LogP contribution in [0.15, 0.2) is 18.2 Å². The Morgan fingerprint density at radius 3 is 2.61 bits per heavy atom. The lowest BCUT2D eigenvalue weighted by Gasteiger charge is -2.17. The zero-order valence-corrected chi connectivity index (χ0v) is 11.5. The van der Waals surface area contributed by atoms with Gasteiger partial charge in [-0.15, -0.1) is 0 Å². The summed E-state index contributed by atoms with van der Waals surface area (Å²) in [7, 11) is 1.54. The Balaban J connectivity index is 2.73. The van der Waals surface area contributed by atoms with E-state index in [1.807, 2.05) is 0 Å². The average Bonchev–Trinajstić information content (AvgIpc) is 2.35. The first-order valence-electron chi connectivity index (χ1n) is 6.18. The fourth-order valence-electron chi connectivity index (χ4n) is 1.50. The minimum Gasteiger partial charge on any atom is -0.495 e. The van der Waals surface area contributed by atoms with Crippen molar-refractivity contribution in [3.8, 4) is 5.75 Å². The molecule has 0 saturated carbocycles. The molecule has 3 N–H and O–H groups in total. The third-order valence-corrected chi connectivity index (χ3v) is 3.25. The molecule has 100 valence electrons. The van der Waals surface area contributed by atoms with Crippen LogP contribution in [-0.2, 0) is 0 Å². The van der Waals surface area contributed by atoms with Crippen molar-refractivity contribution in [2.24, 2.45) is 11.8 Å². The highest BCUT2D eigenvalue weighted by atomic mass is 16.5. The number of methoxy groups -OCH3 is 1. The molecule has 0 saturated heterocycles. The summed E-state index contributed by atoms with van der Waals surface area (Å²) in [6.45, 7) is 7.03. The summed E-state index contributed by atoms with van der Waals surface area (Å²) in [5.74, 6) is 1.34. The summed E-state index contributed by atoms with van der Waals surface area (Å²) in [5, 5.41) is 2.90. The predicted octanol–water partition coefficient (Wildman–Crippen LogP) is 2.30. The molecular weight excluding hydrogens is 228 g/mol. The van der Waals surface area contributed by atoms with Crippen LogP contribution in [0.1, 0.15) is 31.1 Å². The maximum atomic E-state index is 12.0. The van der Waals surface area contributed by atoms with Crippen molar-refractivity contribution < 1.29 is 9.53 Å². The van der Waals surface area contributed by atoms with Gasteiger partial charge in [0, 0.05) is 6.54 Å². The number of rotatable bonds is 5. The number of para-hydroxylation sites is 1. The molecule has 4 nitrogen and oxygen atoms in total. The molecule has 0 aliphatic rings. The monoisotopic (exact) mass is 250 g/mol. The van der Waals surface area contributed by atoms with Crippen molar-refractivity contribution in [3.05, 3.63) is 23.8 Å². The SMILES string of the molecule is COc1cccc(C(=O)NCC(C)C(C)C)c1N. The van der Waals surface area contributed by atoms with Gasteiger partial charge in [-0.05, 0) is 24.0 Å². The minimum atomic E-state index is -0.154. The quantitative estimate of drug-likeness (QED) is 0.788. The number of ether oxygens (including phenoxy) is 1. The van der Waals surface area contributed by atoms with Crippen LogP contribution in [0.5, 0.6) is 5.75 Å². The summed E-state index contributed by atoms with van der Waals surface area (Å²) in [6, 6.07) is 5.20. The van der Waals surface area contributed by atoms with Gasteiger partial charge < -0.3 is 15.8 Å². The third-order valence-electron chi connectivity index (χ3n) is 3.25. The Morgan fingerprint density at radius 1 is 1.39 bits per heavy atom. The first-order valence-corrected chi connectivity index (χ1v) is 6.18. The van der Waals surface area contributed by atoms with Crippen LogP contribution in [0.4, 0.5) is 5.69 Å². The van der Waals surface area contributed by atoms with Crippen molar-refractivity contribution in [3.63, 3.8) is 0 Å². The second kappa shape index (κ2) is 6.28. The molecule has 0 bridgehead atoms. The van der Waals surface area contributed by atoms with Crippen LogP contribution in [0.3, 0.4) is 0 Å². The van der Waals surface area contributed by atoms with Crippen LogP contribution in [-0.4, -0.2) is 19.6 Å². The van der Waals surface area contributed by atoms with Gasteiger partial charge in [-0.2, -0.15) is 0 Å². The molecule has 1 rings (SSSR count). The van der Waals surface area contributed by atoms with Crippen LogP contribution >= 0.6 is 0 Å². The van der Waals surface area contributed by atoms with Gasteiger partial charge in [0.2, 0.25) is 0 Å². The largest absolute Gasteiger partial charge is 0.495 e. The summed E-state index contributed by atoms with van der Waals surface area (Å²) in [4.78, 5) is 12.0. The summed E-state index contributed by atoms with van der Waals surface area (Å²) in [5.41, 5.74) is 6.72. The Bertz CT molecular complexity index is 416. The molecule has 4 heteroatoms. The fourth-order valence-corrected chi connectivity index (χ4v) is 1.50. The average molecular weight is 250 g/mol. The Kier molecular flexibility index (Phi) is 5.01. The maximum absolute atomic E-state index is 12.0. The molecule has 1 atom stereocenters. The van der Waals surface area contributed by atoms with E-state index in [9.17, 15) is 4.79 Å². The third kappa shape index (κ3) is 3.39. The molecule has 0 radical (unpaired) electrons. The molecule has 18 heavy (non-hydrogen) atoms. The van der Waals surface area contributed by atoms with Crippen molar-refractivity contribution in [2.45, 2.75) is 20.8 Å².